The van der Waals surface area contributed by atoms with Gasteiger partial charge in [0, 0.05) is 97.2 Å². The Balaban J connectivity index is -0.000000972. The van der Waals surface area contributed by atoms with Crippen molar-refractivity contribution >= 4 is 73.5 Å². The predicted molar refractivity (Wildman–Crippen MR) is 353 cm³/mol. The van der Waals surface area contributed by atoms with Crippen molar-refractivity contribution in [3.05, 3.63) is 124 Å². The molecule has 2 aromatic heterocycles. The minimum atomic E-state index is -3.19. The lowest BCUT2D eigenvalue weighted by molar-refractivity contribution is -0.136. The first-order chi connectivity index (χ1) is 39.1. The molecule has 16 heteroatoms. The number of Topliss-reactive ketones (excluding diaryl/α,β-unsaturated/α-hetero) is 11. The van der Waals surface area contributed by atoms with Crippen LogP contribution in [0.4, 0.5) is 0 Å². The highest BCUT2D eigenvalue weighted by atomic mass is 32.2. The van der Waals surface area contributed by atoms with Crippen LogP contribution < -0.4 is 0 Å². The molecule has 0 N–H and O–H groups in total. The second kappa shape index (κ2) is 34.7. The normalized spacial score (nSPS) is 11.9. The zero-order valence-electron chi connectivity index (χ0n) is 58.8. The van der Waals surface area contributed by atoms with E-state index >= 15 is 0 Å². The van der Waals surface area contributed by atoms with Crippen LogP contribution in [0.3, 0.4) is 0 Å². The van der Waals surface area contributed by atoms with Gasteiger partial charge in [0.25, 0.3) is 0 Å². The number of carbonyl (C=O) groups excluding carboxylic acids is 11. The fourth-order valence-corrected chi connectivity index (χ4v) is 7.20. The van der Waals surface area contributed by atoms with Crippen LogP contribution in [0.25, 0.3) is 0 Å². The number of benzene rings is 2. The number of sulfone groups is 1. The molecule has 0 saturated carbocycles. The number of nitrogens with zero attached hydrogens (tertiary/aromatic N) is 2. The van der Waals surface area contributed by atoms with Gasteiger partial charge < -0.3 is 0 Å². The summed E-state index contributed by atoms with van der Waals surface area (Å²) in [6.45, 7) is 52.4. The Morgan fingerprint density at radius 2 is 0.625 bits per heavy atom. The molecule has 88 heavy (non-hydrogen) atoms. The summed E-state index contributed by atoms with van der Waals surface area (Å²) in [5.41, 5.74) is 1.34. The van der Waals surface area contributed by atoms with Gasteiger partial charge in [-0.05, 0) is 71.0 Å². The van der Waals surface area contributed by atoms with Crippen LogP contribution in [0.5, 0.6) is 0 Å². The number of carbonyl (C=O) groups is 11. The van der Waals surface area contributed by atoms with Crippen molar-refractivity contribution < 1.29 is 61.2 Å². The fraction of sp³-hybridized carbons (Fsp3) is 0.542. The van der Waals surface area contributed by atoms with Crippen LogP contribution in [0.2, 0.25) is 0 Å². The average molecular weight is 1240 g/mol. The van der Waals surface area contributed by atoms with Crippen LogP contribution in [0.1, 0.15) is 274 Å². The van der Waals surface area contributed by atoms with E-state index in [2.05, 4.69) is 9.97 Å². The number of ketones is 11. The van der Waals surface area contributed by atoms with Gasteiger partial charge in [-0.15, -0.1) is 0 Å². The maximum atomic E-state index is 11.9. The van der Waals surface area contributed by atoms with E-state index in [-0.39, 0.29) is 84.9 Å². The van der Waals surface area contributed by atoms with Gasteiger partial charge in [0.1, 0.15) is 34.5 Å². The van der Waals surface area contributed by atoms with E-state index in [1.165, 1.54) is 52.2 Å². The summed E-state index contributed by atoms with van der Waals surface area (Å²) in [5.74, 6) is 0.268. The quantitative estimate of drug-likeness (QED) is 0.100. The van der Waals surface area contributed by atoms with Crippen LogP contribution in [-0.2, 0) is 29.0 Å². The number of hydrogen-bond donors (Lipinski definition) is 0. The fourth-order valence-electron chi connectivity index (χ4n) is 6.57. The molecular formula is C72H106N2O13S. The van der Waals surface area contributed by atoms with Crippen LogP contribution in [0, 0.1) is 49.7 Å². The van der Waals surface area contributed by atoms with Gasteiger partial charge in [0.2, 0.25) is 0 Å². The van der Waals surface area contributed by atoms with Crippen molar-refractivity contribution in [3.63, 3.8) is 0 Å². The summed E-state index contributed by atoms with van der Waals surface area (Å²) in [5, 5.41) is 0. The Labute approximate surface area is 528 Å². The smallest absolute Gasteiger partial charge is 0.186 e. The average Bonchev–Trinajstić information content (AvgIpc) is 3.38. The van der Waals surface area contributed by atoms with Crippen molar-refractivity contribution in [2.75, 3.05) is 6.26 Å². The summed E-state index contributed by atoms with van der Waals surface area (Å²) < 4.78 is 22.5. The monoisotopic (exact) mass is 1240 g/mol. The van der Waals surface area contributed by atoms with Gasteiger partial charge in [0.15, 0.2) is 50.3 Å². The van der Waals surface area contributed by atoms with Crippen molar-refractivity contribution in [1.82, 2.24) is 9.97 Å². The van der Waals surface area contributed by atoms with Gasteiger partial charge in [0.05, 0.1) is 10.8 Å². The Hall–Kier alpha value is -6.94. The van der Waals surface area contributed by atoms with Gasteiger partial charge >= 0.3 is 0 Å². The molecule has 0 spiro atoms. The van der Waals surface area contributed by atoms with Crippen molar-refractivity contribution in [2.45, 2.75) is 206 Å². The molecule has 2 heterocycles. The van der Waals surface area contributed by atoms with Crippen LogP contribution in [-0.4, -0.2) is 88.3 Å². The van der Waals surface area contributed by atoms with Crippen molar-refractivity contribution in [2.24, 2.45) is 49.7 Å². The lowest BCUT2D eigenvalue weighted by Crippen LogP contribution is -2.30. The molecule has 1 atom stereocenters. The maximum Gasteiger partial charge on any atom is 0.186 e. The lowest BCUT2D eigenvalue weighted by atomic mass is 9.82. The Morgan fingerprint density at radius 3 is 0.841 bits per heavy atom. The second-order valence-corrected chi connectivity index (χ2v) is 31.3. The van der Waals surface area contributed by atoms with Gasteiger partial charge in [-0.1, -0.05) is 196 Å². The van der Waals surface area contributed by atoms with Gasteiger partial charge in [-0.25, -0.2) is 8.42 Å². The van der Waals surface area contributed by atoms with E-state index in [9.17, 15) is 61.2 Å². The van der Waals surface area contributed by atoms with E-state index in [4.69, 9.17) is 0 Å². The first-order valence-corrected chi connectivity index (χ1v) is 31.2. The third-order valence-electron chi connectivity index (χ3n) is 12.7. The molecular weight excluding hydrogens is 1130 g/mol. The Morgan fingerprint density at radius 1 is 0.341 bits per heavy atom. The lowest BCUT2D eigenvalue weighted by Gasteiger charge is -2.19. The van der Waals surface area contributed by atoms with Crippen LogP contribution >= 0.6 is 0 Å². The van der Waals surface area contributed by atoms with E-state index in [0.29, 0.717) is 45.0 Å². The standard InChI is InChI=1S/C13H16O2.2C12H15NO2.C12H16O3S.C9H16O2.C8H16O.C6H12O/c1-9(14)10-5-7-11(8-6-10)12(15)13(2,3)4;1-8(14)10-6-5-9(7-13-10)11(15)12(2,3)4;1-8(14)9-5-6-10(13-7-9)11(15)12(2,3)4;1-12(2,3)11(13)9-5-7-10(8-6-9)16(4,14)15;1-6(7(2)10)8(11)9(3,4)5;1-6(2)7(9)8(3,4)5;1-5(7)6(2,3)4/h5-8H,1-4H3;2*5-7H,1-4H3;5-8H,1-4H3;6H,1-5H3;6H,1-5H3;1-4H3. The molecule has 0 amide bonds. The number of hydrogen-bond acceptors (Lipinski definition) is 15. The third-order valence-corrected chi connectivity index (χ3v) is 13.8. The molecule has 4 rings (SSSR count). The van der Waals surface area contributed by atoms with Crippen LogP contribution in [0.15, 0.2) is 90.1 Å². The highest BCUT2D eigenvalue weighted by Gasteiger charge is 2.30. The topological polar surface area (TPSA) is 248 Å². The Bertz CT molecular complexity index is 2960. The third kappa shape index (κ3) is 32.9. The molecule has 0 saturated heterocycles. The van der Waals surface area contributed by atoms with E-state index in [0.717, 1.165) is 6.26 Å². The predicted octanol–water partition coefficient (Wildman–Crippen LogP) is 16.2. The summed E-state index contributed by atoms with van der Waals surface area (Å²) in [6.07, 6.45) is 4.05. The zero-order valence-corrected chi connectivity index (χ0v) is 59.7. The molecule has 0 aliphatic rings. The molecule has 0 radical (unpaired) electrons. The van der Waals surface area contributed by atoms with E-state index < -0.39 is 37.4 Å². The maximum absolute atomic E-state index is 11.9. The summed E-state index contributed by atoms with van der Waals surface area (Å²) in [7, 11) is -3.19. The minimum absolute atomic E-state index is 0.00699. The molecule has 0 fully saturated rings. The highest BCUT2D eigenvalue weighted by Crippen LogP contribution is 2.25. The highest BCUT2D eigenvalue weighted by molar-refractivity contribution is 7.90. The number of aromatic nitrogens is 2. The van der Waals surface area contributed by atoms with Crippen molar-refractivity contribution in [3.8, 4) is 0 Å². The molecule has 15 nitrogen and oxygen atoms in total. The first kappa shape index (κ1) is 85.3. The SMILES string of the molecule is CC(=O)C(C)(C)C.CC(=O)C(C)C(=O)C(C)(C)C.CC(=O)c1ccc(C(=O)C(C)(C)C)cc1.CC(=O)c1ccc(C(=O)C(C)(C)C)cn1.CC(=O)c1ccc(C(=O)C(C)(C)C)nc1.CC(C)(C)C(=O)c1ccc(S(C)(=O)=O)cc1.CC(C)C(=O)C(C)(C)C. The number of pyridine rings is 2. The molecule has 0 aliphatic heterocycles. The zero-order chi connectivity index (χ0) is 70.4. The molecule has 488 valence electrons. The molecule has 0 aliphatic carbocycles. The molecule has 0 bridgehead atoms. The first-order valence-electron chi connectivity index (χ1n) is 29.3. The molecule has 2 aromatic carbocycles. The summed E-state index contributed by atoms with van der Waals surface area (Å²) in [4.78, 5) is 132. The largest absolute Gasteiger partial charge is 0.299 e. The molecule has 1 unspecified atom stereocenters. The van der Waals surface area contributed by atoms with E-state index in [1.807, 2.05) is 159 Å². The van der Waals surface area contributed by atoms with Gasteiger partial charge in [-0.2, -0.15) is 0 Å². The summed E-state index contributed by atoms with van der Waals surface area (Å²) >= 11 is 0. The summed E-state index contributed by atoms with van der Waals surface area (Å²) in [6, 6.07) is 19.3. The Kier molecular flexibility index (Phi) is 33.6. The van der Waals surface area contributed by atoms with E-state index in [1.54, 1.807) is 74.5 Å². The van der Waals surface area contributed by atoms with Crippen molar-refractivity contribution in [1.29, 1.82) is 0 Å². The van der Waals surface area contributed by atoms with Gasteiger partial charge in [-0.3, -0.25) is 62.7 Å². The molecule has 4 aromatic rings. The second-order valence-electron chi connectivity index (χ2n) is 29.2. The minimum Gasteiger partial charge on any atom is -0.299 e. The number of rotatable bonds is 11.